The number of thiazole rings is 1. The van der Waals surface area contributed by atoms with Crippen molar-refractivity contribution in [2.24, 2.45) is 0 Å². The van der Waals surface area contributed by atoms with Crippen molar-refractivity contribution in [3.05, 3.63) is 11.6 Å². The van der Waals surface area contributed by atoms with E-state index in [0.29, 0.717) is 0 Å². The molecule has 0 aliphatic carbocycles. The monoisotopic (exact) mass is 370 g/mol. The third-order valence-corrected chi connectivity index (χ3v) is 11.0. The normalized spacial score (nSPS) is 14.0. The van der Waals surface area contributed by atoms with Gasteiger partial charge in [-0.05, 0) is 31.4 Å². The Morgan fingerprint density at radius 3 is 2.67 bits per heavy atom. The molecule has 1 amide bonds. The zero-order valence-electron chi connectivity index (χ0n) is 13.4. The summed E-state index contributed by atoms with van der Waals surface area (Å²) in [6, 6.07) is 0. The number of hydrogen-bond donors (Lipinski definition) is 1. The molecule has 4 nitrogen and oxygen atoms in total. The highest BCUT2D eigenvalue weighted by Crippen LogP contribution is 2.59. The highest BCUT2D eigenvalue weighted by molar-refractivity contribution is 8.43. The van der Waals surface area contributed by atoms with Crippen LogP contribution in [0.5, 0.6) is 0 Å². The fourth-order valence-corrected chi connectivity index (χ4v) is 10.2. The van der Waals surface area contributed by atoms with Gasteiger partial charge in [0.05, 0.1) is 5.08 Å². The summed E-state index contributed by atoms with van der Waals surface area (Å²) in [5.74, 6) is 1.06. The average molecular weight is 371 g/mol. The maximum atomic E-state index is 10.9. The molecule has 0 aliphatic rings. The molecular formula is C13H26N2O2S4. The van der Waals surface area contributed by atoms with Gasteiger partial charge in [0.2, 0.25) is 5.91 Å². The van der Waals surface area contributed by atoms with E-state index < -0.39 is 20.6 Å². The molecular weight excluding hydrogens is 344 g/mol. The molecule has 124 valence electrons. The van der Waals surface area contributed by atoms with Crippen molar-refractivity contribution in [1.82, 2.24) is 10.3 Å². The van der Waals surface area contributed by atoms with E-state index >= 15 is 0 Å². The Kier molecular flexibility index (Phi) is 7.91. The van der Waals surface area contributed by atoms with Gasteiger partial charge in [0.15, 0.2) is 4.34 Å². The van der Waals surface area contributed by atoms with Crippen LogP contribution in [-0.4, -0.2) is 53.3 Å². The molecule has 1 heterocycles. The van der Waals surface area contributed by atoms with Crippen LogP contribution in [0.2, 0.25) is 0 Å². The SMILES string of the molecule is CC(=O)NCCCS(C)(C)OS(C)(C)CSc1nccs1. The molecule has 0 aromatic carbocycles. The first-order valence-corrected chi connectivity index (χ1v) is 13.6. The summed E-state index contributed by atoms with van der Waals surface area (Å²) < 4.78 is 7.55. The number of rotatable bonds is 9. The summed E-state index contributed by atoms with van der Waals surface area (Å²) in [6.45, 7) is 2.29. The van der Waals surface area contributed by atoms with Crippen LogP contribution in [0.15, 0.2) is 15.9 Å². The fraction of sp³-hybridized carbons (Fsp3) is 0.692. The molecule has 21 heavy (non-hydrogen) atoms. The molecule has 8 heteroatoms. The van der Waals surface area contributed by atoms with Gasteiger partial charge in [-0.1, -0.05) is 11.8 Å². The molecule has 0 saturated carbocycles. The molecule has 0 bridgehead atoms. The van der Waals surface area contributed by atoms with E-state index in [1.54, 1.807) is 30.0 Å². The summed E-state index contributed by atoms with van der Waals surface area (Å²) in [7, 11) is -2.16. The molecule has 0 radical (unpaired) electrons. The summed E-state index contributed by atoms with van der Waals surface area (Å²) in [5.41, 5.74) is 0. The van der Waals surface area contributed by atoms with Crippen molar-refractivity contribution in [3.63, 3.8) is 0 Å². The quantitative estimate of drug-likeness (QED) is 0.532. The molecule has 0 unspecified atom stereocenters. The predicted molar refractivity (Wildman–Crippen MR) is 101 cm³/mol. The van der Waals surface area contributed by atoms with E-state index in [4.69, 9.17) is 3.63 Å². The van der Waals surface area contributed by atoms with E-state index in [1.807, 2.05) is 11.6 Å². The second-order valence-electron chi connectivity index (χ2n) is 5.54. The van der Waals surface area contributed by atoms with Crippen LogP contribution in [0.25, 0.3) is 0 Å². The molecule has 1 aromatic heterocycles. The summed E-state index contributed by atoms with van der Waals surface area (Å²) in [4.78, 5) is 15.2. The van der Waals surface area contributed by atoms with Gasteiger partial charge in [-0.15, -0.1) is 32.0 Å². The van der Waals surface area contributed by atoms with E-state index in [0.717, 1.165) is 28.1 Å². The Hall–Kier alpha value is 0.110. The fourth-order valence-electron chi connectivity index (χ4n) is 1.71. The van der Waals surface area contributed by atoms with Crippen molar-refractivity contribution in [3.8, 4) is 0 Å². The average Bonchev–Trinajstić information content (AvgIpc) is 2.84. The topological polar surface area (TPSA) is 51.2 Å². The van der Waals surface area contributed by atoms with Crippen LogP contribution in [0.4, 0.5) is 0 Å². The second kappa shape index (κ2) is 8.67. The molecule has 0 spiro atoms. The first kappa shape index (κ1) is 19.2. The maximum Gasteiger partial charge on any atom is 0.216 e. The number of carbonyl (C=O) groups excluding carboxylic acids is 1. The van der Waals surface area contributed by atoms with Crippen molar-refractivity contribution in [2.75, 3.05) is 42.4 Å². The molecule has 0 aliphatic heterocycles. The predicted octanol–water partition coefficient (Wildman–Crippen LogP) is 3.69. The number of aromatic nitrogens is 1. The zero-order chi connectivity index (χ0) is 15.9. The number of thioether (sulfide) groups is 1. The van der Waals surface area contributed by atoms with Gasteiger partial charge < -0.3 is 5.32 Å². The summed E-state index contributed by atoms with van der Waals surface area (Å²) >= 11 is 3.46. The molecule has 1 N–H and O–H groups in total. The summed E-state index contributed by atoms with van der Waals surface area (Å²) in [5, 5.41) is 5.82. The van der Waals surface area contributed by atoms with Crippen molar-refractivity contribution in [2.45, 2.75) is 17.7 Å². The van der Waals surface area contributed by atoms with Crippen molar-refractivity contribution >= 4 is 49.6 Å². The minimum Gasteiger partial charge on any atom is -0.356 e. The largest absolute Gasteiger partial charge is 0.356 e. The summed E-state index contributed by atoms with van der Waals surface area (Å²) in [6.07, 6.45) is 11.7. The molecule has 0 atom stereocenters. The van der Waals surface area contributed by atoms with Gasteiger partial charge in [0, 0.05) is 30.8 Å². The van der Waals surface area contributed by atoms with E-state index in [2.05, 4.69) is 35.3 Å². The Labute approximate surface area is 139 Å². The van der Waals surface area contributed by atoms with Crippen LogP contribution >= 0.6 is 43.7 Å². The van der Waals surface area contributed by atoms with Gasteiger partial charge in [0.25, 0.3) is 0 Å². The zero-order valence-corrected chi connectivity index (χ0v) is 16.6. The Bertz CT molecular complexity index is 435. The van der Waals surface area contributed by atoms with Crippen LogP contribution < -0.4 is 5.32 Å². The van der Waals surface area contributed by atoms with Gasteiger partial charge >= 0.3 is 0 Å². The van der Waals surface area contributed by atoms with Crippen LogP contribution in [0.1, 0.15) is 13.3 Å². The first-order valence-electron chi connectivity index (χ1n) is 6.60. The molecule has 0 saturated heterocycles. The lowest BCUT2D eigenvalue weighted by molar-refractivity contribution is -0.118. The first-order chi connectivity index (χ1) is 9.70. The van der Waals surface area contributed by atoms with Crippen molar-refractivity contribution in [1.29, 1.82) is 0 Å². The van der Waals surface area contributed by atoms with Gasteiger partial charge in [-0.25, -0.2) is 4.98 Å². The number of nitrogens with zero attached hydrogens (tertiary/aromatic N) is 1. The van der Waals surface area contributed by atoms with Crippen molar-refractivity contribution < 1.29 is 8.42 Å². The molecule has 1 rings (SSSR count). The number of carbonyl (C=O) groups is 1. The number of nitrogens with one attached hydrogen (secondary N) is 1. The van der Waals surface area contributed by atoms with Gasteiger partial charge in [-0.3, -0.25) is 8.42 Å². The lowest BCUT2D eigenvalue weighted by Gasteiger charge is -2.42. The second-order valence-corrected chi connectivity index (χ2v) is 15.0. The van der Waals surface area contributed by atoms with Gasteiger partial charge in [0.1, 0.15) is 0 Å². The smallest absolute Gasteiger partial charge is 0.216 e. The third kappa shape index (κ3) is 8.97. The lowest BCUT2D eigenvalue weighted by atomic mass is 10.5. The minimum absolute atomic E-state index is 0.0366. The number of amides is 1. The molecule has 1 aromatic rings. The highest BCUT2D eigenvalue weighted by atomic mass is 32.3. The van der Waals surface area contributed by atoms with E-state index in [9.17, 15) is 4.79 Å². The maximum absolute atomic E-state index is 10.9. The highest BCUT2D eigenvalue weighted by Gasteiger charge is 2.22. The Morgan fingerprint density at radius 1 is 1.38 bits per heavy atom. The molecule has 0 fully saturated rings. The number of hydrogen-bond acceptors (Lipinski definition) is 5. The minimum atomic E-state index is -1.09. The third-order valence-electron chi connectivity index (χ3n) is 2.43. The van der Waals surface area contributed by atoms with Gasteiger partial charge in [-0.2, -0.15) is 0 Å². The Morgan fingerprint density at radius 2 is 2.10 bits per heavy atom. The van der Waals surface area contributed by atoms with E-state index in [-0.39, 0.29) is 5.91 Å². The van der Waals surface area contributed by atoms with Crippen LogP contribution in [0, 0.1) is 0 Å². The standard InChI is InChI=1S/C13H26N2O2S4/c1-12(16)14-7-6-10-20(2,3)17-21(4,5)11-19-13-15-8-9-18-13/h8-9H,6-7,10-11H2,1-5H3,(H,14,16). The Balaban J connectivity index is 2.34. The lowest BCUT2D eigenvalue weighted by Crippen LogP contribution is -2.22. The van der Waals surface area contributed by atoms with Crippen LogP contribution in [0.3, 0.4) is 0 Å². The van der Waals surface area contributed by atoms with Crippen LogP contribution in [-0.2, 0) is 8.42 Å². The van der Waals surface area contributed by atoms with E-state index in [1.165, 1.54) is 0 Å².